The molecule has 1 aromatic heterocycles. The zero-order chi connectivity index (χ0) is 23.0. The summed E-state index contributed by atoms with van der Waals surface area (Å²) in [6.07, 6.45) is 0. The minimum atomic E-state index is -0.683. The Morgan fingerprint density at radius 3 is 2.31 bits per heavy atom. The highest BCUT2D eigenvalue weighted by atomic mass is 19.1. The van der Waals surface area contributed by atoms with Gasteiger partial charge in [-0.1, -0.05) is 6.07 Å². The third-order valence-corrected chi connectivity index (χ3v) is 4.95. The molecule has 0 aliphatic heterocycles. The second-order valence-corrected chi connectivity index (χ2v) is 7.16. The molecule has 8 heteroatoms. The third kappa shape index (κ3) is 3.85. The van der Waals surface area contributed by atoms with E-state index >= 15 is 0 Å². The number of esters is 1. The van der Waals surface area contributed by atoms with Crippen molar-refractivity contribution in [3.05, 3.63) is 92.6 Å². The lowest BCUT2D eigenvalue weighted by atomic mass is 9.92. The van der Waals surface area contributed by atoms with Crippen molar-refractivity contribution in [3.63, 3.8) is 0 Å². The smallest absolute Gasteiger partial charge is 0.344 e. The lowest BCUT2D eigenvalue weighted by Gasteiger charge is -2.13. The topological polar surface area (TPSA) is 99.6 Å². The van der Waals surface area contributed by atoms with Crippen molar-refractivity contribution in [2.75, 3.05) is 0 Å². The van der Waals surface area contributed by atoms with Gasteiger partial charge in [-0.2, -0.15) is 0 Å². The summed E-state index contributed by atoms with van der Waals surface area (Å²) in [5, 5.41) is 11.6. The molecule has 0 atom stereocenters. The minimum Gasteiger partial charge on any atom is -0.427 e. The van der Waals surface area contributed by atoms with Gasteiger partial charge in [-0.3, -0.25) is 14.9 Å². The Kier molecular flexibility index (Phi) is 5.28. The molecule has 0 spiro atoms. The number of hydrogen-bond donors (Lipinski definition) is 0. The summed E-state index contributed by atoms with van der Waals surface area (Å²) in [6, 6.07) is 14.6. The van der Waals surface area contributed by atoms with Gasteiger partial charge in [0.2, 0.25) is 0 Å². The predicted octanol–water partition coefficient (Wildman–Crippen LogP) is 5.41. The van der Waals surface area contributed by atoms with Gasteiger partial charge in [0.25, 0.3) is 5.69 Å². The van der Waals surface area contributed by atoms with Gasteiger partial charge in [0.05, 0.1) is 10.5 Å². The van der Waals surface area contributed by atoms with E-state index in [1.165, 1.54) is 55.5 Å². The fourth-order valence-electron chi connectivity index (χ4n) is 3.52. The van der Waals surface area contributed by atoms with Crippen LogP contribution in [0.15, 0.2) is 69.9 Å². The number of ether oxygens (including phenoxy) is 1. The average Bonchev–Trinajstić information content (AvgIpc) is 2.74. The van der Waals surface area contributed by atoms with Crippen molar-refractivity contribution in [2.45, 2.75) is 13.8 Å². The molecule has 7 nitrogen and oxygen atoms in total. The summed E-state index contributed by atoms with van der Waals surface area (Å²) >= 11 is 0. The Bertz CT molecular complexity index is 1440. The molecule has 0 aliphatic carbocycles. The molecule has 0 aliphatic rings. The second-order valence-electron chi connectivity index (χ2n) is 7.16. The van der Waals surface area contributed by atoms with E-state index in [1.807, 2.05) is 0 Å². The number of benzene rings is 3. The Hall–Kier alpha value is -4.33. The number of nitro groups is 1. The number of carbonyl (C=O) groups is 1. The van der Waals surface area contributed by atoms with Gasteiger partial charge in [0, 0.05) is 36.1 Å². The Balaban J connectivity index is 2.05. The fraction of sp³-hybridized carbons (Fsp3) is 0.0833. The van der Waals surface area contributed by atoms with Crippen LogP contribution in [0.5, 0.6) is 5.75 Å². The van der Waals surface area contributed by atoms with E-state index in [9.17, 15) is 24.1 Å². The van der Waals surface area contributed by atoms with Gasteiger partial charge in [-0.05, 0) is 60.0 Å². The lowest BCUT2D eigenvalue weighted by Crippen LogP contribution is -2.07. The van der Waals surface area contributed by atoms with E-state index in [1.54, 1.807) is 19.1 Å². The molecule has 0 unspecified atom stereocenters. The molecule has 0 N–H and O–H groups in total. The first-order valence-corrected chi connectivity index (χ1v) is 9.55. The van der Waals surface area contributed by atoms with Gasteiger partial charge in [0.1, 0.15) is 17.1 Å². The quantitative estimate of drug-likeness (QED) is 0.140. The lowest BCUT2D eigenvalue weighted by molar-refractivity contribution is -0.384. The largest absolute Gasteiger partial charge is 0.427 e. The van der Waals surface area contributed by atoms with Gasteiger partial charge in [0.15, 0.2) is 0 Å². The van der Waals surface area contributed by atoms with Crippen molar-refractivity contribution >= 4 is 22.6 Å². The van der Waals surface area contributed by atoms with Gasteiger partial charge in [-0.25, -0.2) is 9.18 Å². The number of rotatable bonds is 4. The maximum Gasteiger partial charge on any atom is 0.344 e. The molecular formula is C24H16FNO6. The molecule has 4 rings (SSSR count). The van der Waals surface area contributed by atoms with Crippen LogP contribution in [0.4, 0.5) is 10.1 Å². The third-order valence-electron chi connectivity index (χ3n) is 4.95. The number of non-ortho nitro benzene ring substituents is 1. The van der Waals surface area contributed by atoms with Crippen LogP contribution in [0.2, 0.25) is 0 Å². The monoisotopic (exact) mass is 433 g/mol. The van der Waals surface area contributed by atoms with E-state index in [0.717, 1.165) is 0 Å². The zero-order valence-electron chi connectivity index (χ0n) is 17.0. The summed E-state index contributed by atoms with van der Waals surface area (Å²) in [6.45, 7) is 2.83. The average molecular weight is 433 g/mol. The highest BCUT2D eigenvalue weighted by Crippen LogP contribution is 2.38. The number of aryl methyl sites for hydroxylation is 1. The molecule has 0 bridgehead atoms. The molecule has 1 heterocycles. The first-order valence-electron chi connectivity index (χ1n) is 9.55. The van der Waals surface area contributed by atoms with E-state index in [-0.39, 0.29) is 22.6 Å². The molecule has 0 amide bonds. The number of hydrogen-bond acceptors (Lipinski definition) is 6. The molecule has 4 aromatic rings. The first-order chi connectivity index (χ1) is 15.2. The van der Waals surface area contributed by atoms with Crippen LogP contribution in [0.3, 0.4) is 0 Å². The zero-order valence-corrected chi connectivity index (χ0v) is 17.0. The van der Waals surface area contributed by atoms with Crippen molar-refractivity contribution in [3.8, 4) is 28.0 Å². The SMILES string of the molecule is CC(=O)Oc1ccc2c(-c3ccc([N+](=O)[O-])cc3)c(-c3ccc(F)c(C)c3)c(=O)oc2c1. The van der Waals surface area contributed by atoms with E-state index in [4.69, 9.17) is 9.15 Å². The standard InChI is InChI=1S/C24H16FNO6/c1-13-11-16(5-10-20(13)25)23-22(15-3-6-17(7-4-15)26(29)30)19-9-8-18(31-14(2)27)12-21(19)32-24(23)28/h3-12H,1-2H3. The molecular weight excluding hydrogens is 417 g/mol. The highest BCUT2D eigenvalue weighted by molar-refractivity contribution is 6.01. The second kappa shape index (κ2) is 8.07. The number of nitro benzene ring substituents is 1. The van der Waals surface area contributed by atoms with Crippen LogP contribution in [0.1, 0.15) is 12.5 Å². The summed E-state index contributed by atoms with van der Waals surface area (Å²) < 4.78 is 24.4. The van der Waals surface area contributed by atoms with E-state index in [2.05, 4.69) is 0 Å². The number of fused-ring (bicyclic) bond motifs is 1. The Labute approximate surface area is 180 Å². The maximum atomic E-state index is 13.9. The Morgan fingerprint density at radius 1 is 1.00 bits per heavy atom. The maximum absolute atomic E-state index is 13.9. The van der Waals surface area contributed by atoms with E-state index < -0.39 is 22.3 Å². The van der Waals surface area contributed by atoms with E-state index in [0.29, 0.717) is 27.6 Å². The number of carbonyl (C=O) groups excluding carboxylic acids is 1. The molecule has 160 valence electrons. The fourth-order valence-corrected chi connectivity index (χ4v) is 3.52. The summed E-state index contributed by atoms with van der Waals surface area (Å²) in [4.78, 5) is 34.9. The number of nitrogens with zero attached hydrogens (tertiary/aromatic N) is 1. The van der Waals surface area contributed by atoms with Crippen LogP contribution in [0.25, 0.3) is 33.2 Å². The Morgan fingerprint density at radius 2 is 1.69 bits per heavy atom. The highest BCUT2D eigenvalue weighted by Gasteiger charge is 2.20. The first kappa shape index (κ1) is 20.9. The summed E-state index contributed by atoms with van der Waals surface area (Å²) in [7, 11) is 0. The van der Waals surface area contributed by atoms with Crippen LogP contribution in [-0.4, -0.2) is 10.9 Å². The van der Waals surface area contributed by atoms with Gasteiger partial charge < -0.3 is 9.15 Å². The van der Waals surface area contributed by atoms with Crippen LogP contribution in [0, 0.1) is 22.9 Å². The molecule has 32 heavy (non-hydrogen) atoms. The van der Waals surface area contributed by atoms with Crippen molar-refractivity contribution in [1.82, 2.24) is 0 Å². The molecule has 0 saturated carbocycles. The normalized spacial score (nSPS) is 10.8. The number of halogens is 1. The van der Waals surface area contributed by atoms with Crippen LogP contribution >= 0.6 is 0 Å². The molecule has 0 radical (unpaired) electrons. The predicted molar refractivity (Wildman–Crippen MR) is 116 cm³/mol. The van der Waals surface area contributed by atoms with Crippen molar-refractivity contribution < 1.29 is 23.3 Å². The summed E-state index contributed by atoms with van der Waals surface area (Å²) in [5.74, 6) is -0.740. The van der Waals surface area contributed by atoms with Gasteiger partial charge in [-0.15, -0.1) is 0 Å². The van der Waals surface area contributed by atoms with Crippen LogP contribution in [-0.2, 0) is 4.79 Å². The minimum absolute atomic E-state index is 0.0997. The molecule has 3 aromatic carbocycles. The van der Waals surface area contributed by atoms with Crippen molar-refractivity contribution in [1.29, 1.82) is 0 Å². The van der Waals surface area contributed by atoms with Gasteiger partial charge >= 0.3 is 11.6 Å². The molecule has 0 fully saturated rings. The molecule has 0 saturated heterocycles. The van der Waals surface area contributed by atoms with Crippen LogP contribution < -0.4 is 10.4 Å². The van der Waals surface area contributed by atoms with Crippen molar-refractivity contribution in [2.24, 2.45) is 0 Å². The summed E-state index contributed by atoms with van der Waals surface area (Å²) in [5.41, 5.74) is 1.37.